The van der Waals surface area contributed by atoms with Crippen LogP contribution in [0, 0.1) is 17.6 Å². The maximum atomic E-state index is 15.0. The molecule has 0 aliphatic heterocycles. The van der Waals surface area contributed by atoms with Crippen molar-refractivity contribution >= 4 is 0 Å². The van der Waals surface area contributed by atoms with Gasteiger partial charge in [-0.25, -0.2) is 13.2 Å². The predicted octanol–water partition coefficient (Wildman–Crippen LogP) is 9.78. The lowest BCUT2D eigenvalue weighted by atomic mass is 9.89. The number of benzene rings is 3. The zero-order chi connectivity index (χ0) is 24.8. The number of halogens is 3. The Morgan fingerprint density at radius 1 is 0.714 bits per heavy atom. The Labute approximate surface area is 207 Å². The summed E-state index contributed by atoms with van der Waals surface area (Å²) in [6, 6.07) is 18.4. The molecular weight excluding hydrogens is 441 g/mol. The van der Waals surface area contributed by atoms with Crippen LogP contribution in [0.2, 0.25) is 0 Å². The Morgan fingerprint density at radius 2 is 1.29 bits per heavy atom. The summed E-state index contributed by atoms with van der Waals surface area (Å²) in [5, 5.41) is 0. The molecule has 3 aromatic rings. The fourth-order valence-electron chi connectivity index (χ4n) is 4.70. The lowest BCUT2D eigenvalue weighted by Crippen LogP contribution is -2.05. The molecule has 4 rings (SSSR count). The number of hydrogen-bond donors (Lipinski definition) is 0. The van der Waals surface area contributed by atoms with Crippen molar-refractivity contribution in [1.29, 1.82) is 0 Å². The Morgan fingerprint density at radius 3 is 1.80 bits per heavy atom. The van der Waals surface area contributed by atoms with E-state index in [1.807, 2.05) is 48.5 Å². The largest absolute Gasteiger partial charge is 0.212 e. The minimum atomic E-state index is -0.833. The van der Waals surface area contributed by atoms with Crippen molar-refractivity contribution in [3.05, 3.63) is 107 Å². The molecule has 0 spiro atoms. The van der Waals surface area contributed by atoms with Crippen LogP contribution in [0.15, 0.2) is 84.2 Å². The summed E-state index contributed by atoms with van der Waals surface area (Å²) >= 11 is 0. The fraction of sp³-hybridized carbons (Fsp3) is 0.312. The normalized spacial score (nSPS) is 15.6. The second-order valence-corrected chi connectivity index (χ2v) is 9.42. The van der Waals surface area contributed by atoms with Gasteiger partial charge in [-0.15, -0.1) is 0 Å². The maximum absolute atomic E-state index is 15.0. The van der Waals surface area contributed by atoms with E-state index in [0.717, 1.165) is 61.6 Å². The first-order chi connectivity index (χ1) is 17.0. The highest BCUT2D eigenvalue weighted by Gasteiger charge is 2.18. The third-order valence-corrected chi connectivity index (χ3v) is 7.01. The highest BCUT2D eigenvalue weighted by molar-refractivity contribution is 5.72. The molecule has 0 saturated carbocycles. The van der Waals surface area contributed by atoms with E-state index in [1.54, 1.807) is 18.2 Å². The maximum Gasteiger partial charge on any atom is 0.167 e. The summed E-state index contributed by atoms with van der Waals surface area (Å²) in [5.41, 5.74) is 5.10. The minimum Gasteiger partial charge on any atom is -0.212 e. The van der Waals surface area contributed by atoms with Gasteiger partial charge in [-0.1, -0.05) is 93.4 Å². The molecule has 182 valence electrons. The van der Waals surface area contributed by atoms with Crippen molar-refractivity contribution < 1.29 is 13.2 Å². The Balaban J connectivity index is 1.42. The molecule has 35 heavy (non-hydrogen) atoms. The van der Waals surface area contributed by atoms with E-state index < -0.39 is 11.6 Å². The monoisotopic (exact) mass is 474 g/mol. The van der Waals surface area contributed by atoms with Gasteiger partial charge in [0.05, 0.1) is 0 Å². The highest BCUT2D eigenvalue weighted by Crippen LogP contribution is 2.33. The van der Waals surface area contributed by atoms with Crippen molar-refractivity contribution in [2.24, 2.45) is 5.92 Å². The summed E-state index contributed by atoms with van der Waals surface area (Å²) in [6.45, 7) is 4.19. The zero-order valence-corrected chi connectivity index (χ0v) is 20.6. The van der Waals surface area contributed by atoms with E-state index >= 15 is 0 Å². The van der Waals surface area contributed by atoms with Gasteiger partial charge in [0, 0.05) is 17.0 Å². The van der Waals surface area contributed by atoms with E-state index in [0.29, 0.717) is 11.1 Å². The molecule has 0 bridgehead atoms. The second-order valence-electron chi connectivity index (χ2n) is 9.42. The number of unbranched alkanes of at least 4 members (excludes halogenated alkanes) is 1. The molecule has 0 radical (unpaired) electrons. The predicted molar refractivity (Wildman–Crippen MR) is 140 cm³/mol. The molecule has 1 unspecified atom stereocenters. The van der Waals surface area contributed by atoms with Gasteiger partial charge in [0.2, 0.25) is 0 Å². The van der Waals surface area contributed by atoms with Crippen LogP contribution in [-0.2, 0) is 12.8 Å². The first-order valence-electron chi connectivity index (χ1n) is 12.7. The number of hydrogen-bond acceptors (Lipinski definition) is 0. The highest BCUT2D eigenvalue weighted by atomic mass is 19.2. The molecule has 0 N–H and O–H groups in total. The lowest BCUT2D eigenvalue weighted by Gasteiger charge is -2.18. The van der Waals surface area contributed by atoms with Gasteiger partial charge in [0.25, 0.3) is 0 Å². The molecule has 3 heteroatoms. The Bertz CT molecular complexity index is 1200. The quantitative estimate of drug-likeness (QED) is 0.289. The molecule has 1 atom stereocenters. The molecule has 0 aromatic heterocycles. The number of allylic oxidation sites excluding steroid dienone is 4. The standard InChI is InChI=1S/C32H33F3/c1-3-5-6-27-18-13-24(21-30(27)33)8-7-23-11-16-26(17-12-23)29-20-19-28(31(34)32(29)35)25-14-9-22(4-2)10-15-25/h9-17,19-21,27H,3-8,18H2,1-2H3. The van der Waals surface area contributed by atoms with Gasteiger partial charge in [-0.2, -0.15) is 0 Å². The smallest absolute Gasteiger partial charge is 0.167 e. The first-order valence-corrected chi connectivity index (χ1v) is 12.7. The van der Waals surface area contributed by atoms with Crippen LogP contribution < -0.4 is 0 Å². The van der Waals surface area contributed by atoms with Gasteiger partial charge in [0.15, 0.2) is 11.6 Å². The summed E-state index contributed by atoms with van der Waals surface area (Å²) in [7, 11) is 0. The van der Waals surface area contributed by atoms with E-state index in [9.17, 15) is 13.2 Å². The second kappa shape index (κ2) is 11.6. The zero-order valence-electron chi connectivity index (χ0n) is 20.6. The average molecular weight is 475 g/mol. The van der Waals surface area contributed by atoms with Crippen LogP contribution in [0.25, 0.3) is 22.3 Å². The Hall–Kier alpha value is -3.07. The summed E-state index contributed by atoms with van der Waals surface area (Å²) < 4.78 is 44.3. The molecule has 0 fully saturated rings. The first kappa shape index (κ1) is 25.0. The van der Waals surface area contributed by atoms with Gasteiger partial charge in [-0.3, -0.25) is 0 Å². The topological polar surface area (TPSA) is 0 Å². The van der Waals surface area contributed by atoms with Crippen LogP contribution in [0.3, 0.4) is 0 Å². The molecular formula is C32H33F3. The van der Waals surface area contributed by atoms with Gasteiger partial charge in [-0.05, 0) is 66.0 Å². The summed E-state index contributed by atoms with van der Waals surface area (Å²) in [5.74, 6) is -1.62. The molecule has 0 amide bonds. The van der Waals surface area contributed by atoms with Gasteiger partial charge < -0.3 is 0 Å². The Kier molecular flexibility index (Phi) is 8.28. The molecule has 0 heterocycles. The van der Waals surface area contributed by atoms with Crippen LogP contribution in [-0.4, -0.2) is 0 Å². The third kappa shape index (κ3) is 5.96. The van der Waals surface area contributed by atoms with E-state index in [2.05, 4.69) is 19.9 Å². The van der Waals surface area contributed by atoms with Crippen molar-refractivity contribution in [1.82, 2.24) is 0 Å². The number of rotatable bonds is 9. The average Bonchev–Trinajstić information content (AvgIpc) is 2.89. The van der Waals surface area contributed by atoms with Crippen molar-refractivity contribution in [3.8, 4) is 22.3 Å². The van der Waals surface area contributed by atoms with Crippen molar-refractivity contribution in [3.63, 3.8) is 0 Å². The molecule has 3 aromatic carbocycles. The fourth-order valence-corrected chi connectivity index (χ4v) is 4.70. The van der Waals surface area contributed by atoms with E-state index in [4.69, 9.17) is 0 Å². The SMILES string of the molecule is CCCCC1CC=C(CCc2ccc(-c3ccc(-c4ccc(CC)cc4)c(F)c3F)cc2)C=C1F. The van der Waals surface area contributed by atoms with E-state index in [1.165, 1.54) is 0 Å². The van der Waals surface area contributed by atoms with Gasteiger partial charge >= 0.3 is 0 Å². The molecule has 1 aliphatic rings. The lowest BCUT2D eigenvalue weighted by molar-refractivity contribution is 0.423. The van der Waals surface area contributed by atoms with Gasteiger partial charge in [0.1, 0.15) is 5.83 Å². The molecule has 1 aliphatic carbocycles. The summed E-state index contributed by atoms with van der Waals surface area (Å²) in [6.07, 6.45) is 10.1. The van der Waals surface area contributed by atoms with Crippen LogP contribution in [0.5, 0.6) is 0 Å². The minimum absolute atomic E-state index is 0.00792. The van der Waals surface area contributed by atoms with Crippen molar-refractivity contribution in [2.75, 3.05) is 0 Å². The van der Waals surface area contributed by atoms with Crippen LogP contribution in [0.1, 0.15) is 57.1 Å². The molecule has 0 saturated heterocycles. The van der Waals surface area contributed by atoms with Crippen molar-refractivity contribution in [2.45, 2.75) is 58.8 Å². The summed E-state index contributed by atoms with van der Waals surface area (Å²) in [4.78, 5) is 0. The molecule has 0 nitrogen and oxygen atoms in total. The van der Waals surface area contributed by atoms with Crippen LogP contribution >= 0.6 is 0 Å². The van der Waals surface area contributed by atoms with Crippen LogP contribution in [0.4, 0.5) is 13.2 Å². The third-order valence-electron chi connectivity index (χ3n) is 7.01. The van der Waals surface area contributed by atoms with E-state index in [-0.39, 0.29) is 22.9 Å². The number of aryl methyl sites for hydroxylation is 2.